The predicted molar refractivity (Wildman–Crippen MR) is 95.2 cm³/mol. The third kappa shape index (κ3) is 3.56. The summed E-state index contributed by atoms with van der Waals surface area (Å²) in [5.41, 5.74) is 0.903. The summed E-state index contributed by atoms with van der Waals surface area (Å²) in [5, 5.41) is 0. The van der Waals surface area contributed by atoms with Gasteiger partial charge in [-0.3, -0.25) is 4.79 Å². The third-order valence-electron chi connectivity index (χ3n) is 4.33. The largest absolute Gasteiger partial charge is 0.497 e. The Morgan fingerprint density at radius 2 is 1.88 bits per heavy atom. The molecule has 0 saturated carbocycles. The van der Waals surface area contributed by atoms with E-state index < -0.39 is 21.9 Å². The summed E-state index contributed by atoms with van der Waals surface area (Å²) < 4.78 is 45.9. The van der Waals surface area contributed by atoms with Gasteiger partial charge in [0.1, 0.15) is 17.6 Å². The van der Waals surface area contributed by atoms with Crippen LogP contribution in [0.1, 0.15) is 12.0 Å². The lowest BCUT2D eigenvalue weighted by Crippen LogP contribution is -2.41. The zero-order chi connectivity index (χ0) is 18.9. The Morgan fingerprint density at radius 3 is 2.50 bits per heavy atom. The van der Waals surface area contributed by atoms with E-state index in [1.165, 1.54) is 24.0 Å². The van der Waals surface area contributed by atoms with Gasteiger partial charge in [-0.1, -0.05) is 0 Å². The molecule has 1 fully saturated rings. The van der Waals surface area contributed by atoms with Gasteiger partial charge < -0.3 is 9.64 Å². The van der Waals surface area contributed by atoms with Crippen molar-refractivity contribution in [1.82, 2.24) is 4.72 Å². The lowest BCUT2D eigenvalue weighted by molar-refractivity contribution is -0.118. The molecule has 6 nitrogen and oxygen atoms in total. The van der Waals surface area contributed by atoms with Crippen molar-refractivity contribution in [3.8, 4) is 5.75 Å². The minimum atomic E-state index is -3.92. The lowest BCUT2D eigenvalue weighted by Gasteiger charge is -2.17. The normalized spacial score (nSPS) is 17.6. The van der Waals surface area contributed by atoms with Gasteiger partial charge in [-0.15, -0.1) is 0 Å². The number of anilines is 1. The highest BCUT2D eigenvalue weighted by Gasteiger charge is 2.35. The van der Waals surface area contributed by atoms with E-state index in [1.807, 2.05) is 0 Å². The number of carbonyl (C=O) groups is 1. The van der Waals surface area contributed by atoms with Gasteiger partial charge in [-0.05, 0) is 61.4 Å². The number of nitrogens with zero attached hydrogens (tertiary/aromatic N) is 1. The molecule has 3 rings (SSSR count). The fraction of sp³-hybridized carbons (Fsp3) is 0.278. The molecule has 0 radical (unpaired) electrons. The van der Waals surface area contributed by atoms with Crippen molar-refractivity contribution < 1.29 is 22.3 Å². The van der Waals surface area contributed by atoms with Crippen LogP contribution in [0.2, 0.25) is 0 Å². The van der Waals surface area contributed by atoms with Crippen molar-refractivity contribution in [1.29, 1.82) is 0 Å². The summed E-state index contributed by atoms with van der Waals surface area (Å²) >= 11 is 0. The van der Waals surface area contributed by atoms with Gasteiger partial charge in [-0.2, -0.15) is 4.72 Å². The second-order valence-electron chi connectivity index (χ2n) is 6.06. The Labute approximate surface area is 151 Å². The zero-order valence-electron chi connectivity index (χ0n) is 14.4. The minimum absolute atomic E-state index is 0.0629. The molecule has 26 heavy (non-hydrogen) atoms. The van der Waals surface area contributed by atoms with E-state index in [4.69, 9.17) is 4.74 Å². The fourth-order valence-electron chi connectivity index (χ4n) is 2.85. The minimum Gasteiger partial charge on any atom is -0.497 e. The summed E-state index contributed by atoms with van der Waals surface area (Å²) in [5.74, 6) is -0.131. The molecule has 1 saturated heterocycles. The van der Waals surface area contributed by atoms with Gasteiger partial charge in [0.15, 0.2) is 0 Å². The first-order chi connectivity index (χ1) is 12.3. The maximum atomic E-state index is 13.4. The van der Waals surface area contributed by atoms with Gasteiger partial charge in [0.2, 0.25) is 15.9 Å². The average Bonchev–Trinajstić information content (AvgIpc) is 2.97. The average molecular weight is 378 g/mol. The number of halogens is 1. The smallest absolute Gasteiger partial charge is 0.245 e. The number of methoxy groups -OCH3 is 1. The summed E-state index contributed by atoms with van der Waals surface area (Å²) in [7, 11) is -2.36. The second-order valence-corrected chi connectivity index (χ2v) is 7.78. The molecule has 0 bridgehead atoms. The van der Waals surface area contributed by atoms with E-state index in [0.717, 1.165) is 6.07 Å². The monoisotopic (exact) mass is 378 g/mol. The van der Waals surface area contributed by atoms with Crippen LogP contribution in [0.4, 0.5) is 10.1 Å². The van der Waals surface area contributed by atoms with Crippen LogP contribution in [0, 0.1) is 12.7 Å². The molecular weight excluding hydrogens is 359 g/mol. The zero-order valence-corrected chi connectivity index (χ0v) is 15.2. The van der Waals surface area contributed by atoms with Crippen LogP contribution in [-0.4, -0.2) is 34.0 Å². The molecule has 138 valence electrons. The van der Waals surface area contributed by atoms with Crippen molar-refractivity contribution in [3.05, 3.63) is 53.8 Å². The van der Waals surface area contributed by atoms with E-state index in [0.29, 0.717) is 24.4 Å². The maximum Gasteiger partial charge on any atom is 0.245 e. The molecule has 0 spiro atoms. The Bertz CT molecular complexity index is 929. The van der Waals surface area contributed by atoms with E-state index in [2.05, 4.69) is 4.72 Å². The summed E-state index contributed by atoms with van der Waals surface area (Å²) in [6.45, 7) is 1.89. The number of carbonyl (C=O) groups excluding carboxylic acids is 1. The summed E-state index contributed by atoms with van der Waals surface area (Å²) in [6, 6.07) is 9.65. The van der Waals surface area contributed by atoms with Gasteiger partial charge in [0.25, 0.3) is 0 Å². The highest BCUT2D eigenvalue weighted by molar-refractivity contribution is 7.89. The van der Waals surface area contributed by atoms with Crippen molar-refractivity contribution in [2.75, 3.05) is 18.6 Å². The van der Waals surface area contributed by atoms with Crippen LogP contribution < -0.4 is 14.4 Å². The van der Waals surface area contributed by atoms with Crippen LogP contribution in [0.15, 0.2) is 47.4 Å². The summed E-state index contributed by atoms with van der Waals surface area (Å²) in [6.07, 6.45) is 0.351. The molecule has 1 amide bonds. The molecule has 1 N–H and O–H groups in total. The molecule has 2 aromatic carbocycles. The van der Waals surface area contributed by atoms with Crippen molar-refractivity contribution >= 4 is 21.6 Å². The fourth-order valence-corrected chi connectivity index (χ4v) is 4.16. The van der Waals surface area contributed by atoms with Gasteiger partial charge in [0, 0.05) is 12.2 Å². The summed E-state index contributed by atoms with van der Waals surface area (Å²) in [4.78, 5) is 14.1. The predicted octanol–water partition coefficient (Wildman–Crippen LogP) is 2.23. The van der Waals surface area contributed by atoms with E-state index in [-0.39, 0.29) is 16.4 Å². The standard InChI is InChI=1S/C18H19FN2O4S/c1-12-11-15(7-8-16(12)19)26(23,24)20-17-9-10-21(18(17)22)13-3-5-14(25-2)6-4-13/h3-8,11,17,20H,9-10H2,1-2H3/t17-/m1/s1. The number of hydrogen-bond acceptors (Lipinski definition) is 4. The first-order valence-corrected chi connectivity index (χ1v) is 9.54. The van der Waals surface area contributed by atoms with Crippen molar-refractivity contribution in [2.45, 2.75) is 24.3 Å². The lowest BCUT2D eigenvalue weighted by atomic mass is 10.2. The Hall–Kier alpha value is -2.45. The number of sulfonamides is 1. The highest BCUT2D eigenvalue weighted by Crippen LogP contribution is 2.25. The van der Waals surface area contributed by atoms with E-state index >= 15 is 0 Å². The van der Waals surface area contributed by atoms with Crippen LogP contribution >= 0.6 is 0 Å². The molecule has 2 aromatic rings. The van der Waals surface area contributed by atoms with Crippen molar-refractivity contribution in [2.24, 2.45) is 0 Å². The quantitative estimate of drug-likeness (QED) is 0.866. The Morgan fingerprint density at radius 1 is 1.19 bits per heavy atom. The Kier molecular flexibility index (Phi) is 4.97. The van der Waals surface area contributed by atoms with Gasteiger partial charge >= 0.3 is 0 Å². The van der Waals surface area contributed by atoms with E-state index in [9.17, 15) is 17.6 Å². The topological polar surface area (TPSA) is 75.7 Å². The third-order valence-corrected chi connectivity index (χ3v) is 5.80. The number of hydrogen-bond donors (Lipinski definition) is 1. The first kappa shape index (κ1) is 18.3. The number of nitrogens with one attached hydrogen (secondary N) is 1. The van der Waals surface area contributed by atoms with Crippen molar-refractivity contribution in [3.63, 3.8) is 0 Å². The SMILES string of the molecule is COc1ccc(N2CC[C@@H](NS(=O)(=O)c3ccc(F)c(C)c3)C2=O)cc1. The molecule has 0 aliphatic carbocycles. The first-order valence-electron chi connectivity index (χ1n) is 8.06. The Balaban J connectivity index is 1.76. The van der Waals surface area contributed by atoms with Gasteiger partial charge in [-0.25, -0.2) is 12.8 Å². The number of rotatable bonds is 5. The van der Waals surface area contributed by atoms with Crippen LogP contribution in [0.25, 0.3) is 0 Å². The molecular formula is C18H19FN2O4S. The number of benzene rings is 2. The van der Waals surface area contributed by atoms with Crippen LogP contribution in [-0.2, 0) is 14.8 Å². The number of amides is 1. The number of aryl methyl sites for hydroxylation is 1. The molecule has 1 atom stereocenters. The van der Waals surface area contributed by atoms with E-state index in [1.54, 1.807) is 31.4 Å². The van der Waals surface area contributed by atoms with Crippen LogP contribution in [0.5, 0.6) is 5.75 Å². The molecule has 8 heteroatoms. The number of ether oxygens (including phenoxy) is 1. The second kappa shape index (κ2) is 7.05. The maximum absolute atomic E-state index is 13.4. The highest BCUT2D eigenvalue weighted by atomic mass is 32.2. The molecule has 0 unspecified atom stereocenters. The molecule has 1 aliphatic heterocycles. The van der Waals surface area contributed by atoms with Gasteiger partial charge in [0.05, 0.1) is 12.0 Å². The van der Waals surface area contributed by atoms with Crippen LogP contribution in [0.3, 0.4) is 0 Å². The molecule has 1 aliphatic rings. The molecule has 1 heterocycles. The molecule has 0 aromatic heterocycles.